The summed E-state index contributed by atoms with van der Waals surface area (Å²) in [7, 11) is 0. The van der Waals surface area contributed by atoms with E-state index in [1.54, 1.807) is 0 Å². The van der Waals surface area contributed by atoms with E-state index in [-0.39, 0.29) is 11.9 Å². The van der Waals surface area contributed by atoms with Crippen LogP contribution in [0.5, 0.6) is 11.5 Å². The molecule has 0 aromatic heterocycles. The van der Waals surface area contributed by atoms with Crippen molar-refractivity contribution in [3.05, 3.63) is 23.8 Å². The van der Waals surface area contributed by atoms with Crippen LogP contribution >= 0.6 is 0 Å². The fourth-order valence-electron chi connectivity index (χ4n) is 3.11. The fraction of sp³-hybridized carbons (Fsp3) is 0.562. The Kier molecular flexibility index (Phi) is 4.29. The minimum Gasteiger partial charge on any atom is -0.466 e. The number of likely N-dealkylation sites (tertiary alicyclic amines) is 1. The van der Waals surface area contributed by atoms with Crippen LogP contribution in [0.15, 0.2) is 18.2 Å². The SMILES string of the molecule is CCOC(=O)[C@H]1CCC[NH+](Cc2ccc3c(c2)OCO3)C1. The molecule has 0 aliphatic carbocycles. The normalized spacial score (nSPS) is 23.9. The number of ether oxygens (including phenoxy) is 3. The molecule has 2 aliphatic rings. The minimum absolute atomic E-state index is 0.0413. The van der Waals surface area contributed by atoms with Crippen molar-refractivity contribution in [3.8, 4) is 11.5 Å². The van der Waals surface area contributed by atoms with Crippen molar-refractivity contribution in [1.29, 1.82) is 0 Å². The Morgan fingerprint density at radius 2 is 2.24 bits per heavy atom. The molecule has 1 aromatic rings. The van der Waals surface area contributed by atoms with E-state index in [1.807, 2.05) is 19.1 Å². The first kappa shape index (κ1) is 14.2. The summed E-state index contributed by atoms with van der Waals surface area (Å²) >= 11 is 0. The molecule has 1 N–H and O–H groups in total. The van der Waals surface area contributed by atoms with Crippen LogP contribution < -0.4 is 14.4 Å². The summed E-state index contributed by atoms with van der Waals surface area (Å²) in [5.74, 6) is 1.64. The van der Waals surface area contributed by atoms with Gasteiger partial charge in [0, 0.05) is 5.56 Å². The summed E-state index contributed by atoms with van der Waals surface area (Å²) < 4.78 is 15.9. The van der Waals surface area contributed by atoms with Crippen LogP contribution in [-0.2, 0) is 16.1 Å². The third kappa shape index (κ3) is 3.29. The summed E-state index contributed by atoms with van der Waals surface area (Å²) in [5, 5.41) is 0. The first-order valence-electron chi connectivity index (χ1n) is 7.65. The van der Waals surface area contributed by atoms with Crippen molar-refractivity contribution >= 4 is 5.97 Å². The lowest BCUT2D eigenvalue weighted by Crippen LogP contribution is -3.12. The van der Waals surface area contributed by atoms with Gasteiger partial charge in [-0.25, -0.2) is 0 Å². The number of hydrogen-bond acceptors (Lipinski definition) is 4. The van der Waals surface area contributed by atoms with Gasteiger partial charge in [-0.15, -0.1) is 0 Å². The van der Waals surface area contributed by atoms with Crippen molar-refractivity contribution in [2.24, 2.45) is 5.92 Å². The molecule has 21 heavy (non-hydrogen) atoms. The van der Waals surface area contributed by atoms with Gasteiger partial charge in [-0.3, -0.25) is 4.79 Å². The van der Waals surface area contributed by atoms with Gasteiger partial charge in [0.15, 0.2) is 11.5 Å². The number of carbonyl (C=O) groups is 1. The van der Waals surface area contributed by atoms with Gasteiger partial charge in [0.05, 0.1) is 19.7 Å². The van der Waals surface area contributed by atoms with Crippen LogP contribution in [0.1, 0.15) is 25.3 Å². The van der Waals surface area contributed by atoms with Crippen molar-refractivity contribution in [3.63, 3.8) is 0 Å². The number of fused-ring (bicyclic) bond motifs is 1. The molecule has 1 fully saturated rings. The first-order chi connectivity index (χ1) is 10.3. The third-order valence-corrected chi connectivity index (χ3v) is 4.13. The number of nitrogens with one attached hydrogen (secondary N) is 1. The first-order valence-corrected chi connectivity index (χ1v) is 7.65. The standard InChI is InChI=1S/C16H21NO4/c1-2-19-16(18)13-4-3-7-17(10-13)9-12-5-6-14-15(8-12)21-11-20-14/h5-6,8,13H,2-4,7,9-11H2,1H3/p+1/t13-/m0/s1. The van der Waals surface area contributed by atoms with E-state index >= 15 is 0 Å². The molecule has 1 saturated heterocycles. The van der Waals surface area contributed by atoms with Gasteiger partial charge < -0.3 is 19.1 Å². The summed E-state index contributed by atoms with van der Waals surface area (Å²) in [4.78, 5) is 13.3. The molecule has 0 radical (unpaired) electrons. The highest BCUT2D eigenvalue weighted by molar-refractivity contribution is 5.72. The van der Waals surface area contributed by atoms with Gasteiger partial charge in [-0.1, -0.05) is 0 Å². The molecule has 114 valence electrons. The second-order valence-electron chi connectivity index (χ2n) is 5.66. The van der Waals surface area contributed by atoms with Crippen LogP contribution in [0, 0.1) is 5.92 Å². The summed E-state index contributed by atoms with van der Waals surface area (Å²) in [6.45, 7) is 5.50. The van der Waals surface area contributed by atoms with Gasteiger partial charge >= 0.3 is 5.97 Å². The summed E-state index contributed by atoms with van der Waals surface area (Å²) in [5.41, 5.74) is 1.22. The smallest absolute Gasteiger partial charge is 0.314 e. The molecule has 2 aliphatic heterocycles. The highest BCUT2D eigenvalue weighted by Gasteiger charge is 2.30. The minimum atomic E-state index is -0.0413. The van der Waals surface area contributed by atoms with E-state index in [9.17, 15) is 4.79 Å². The number of hydrogen-bond donors (Lipinski definition) is 1. The van der Waals surface area contributed by atoms with Gasteiger partial charge in [-0.05, 0) is 38.0 Å². The molecule has 5 nitrogen and oxygen atoms in total. The predicted octanol–water partition coefficient (Wildman–Crippen LogP) is 0.773. The molecule has 0 spiro atoms. The summed E-state index contributed by atoms with van der Waals surface area (Å²) in [6, 6.07) is 6.09. The van der Waals surface area contributed by atoms with E-state index in [0.717, 1.165) is 44.0 Å². The van der Waals surface area contributed by atoms with Crippen LogP contribution in [0.2, 0.25) is 0 Å². The lowest BCUT2D eigenvalue weighted by Gasteiger charge is -2.28. The Morgan fingerprint density at radius 1 is 1.38 bits per heavy atom. The van der Waals surface area contributed by atoms with Crippen LogP contribution in [-0.4, -0.2) is 32.5 Å². The molecule has 0 amide bonds. The second-order valence-corrected chi connectivity index (χ2v) is 5.66. The second kappa shape index (κ2) is 6.35. The van der Waals surface area contributed by atoms with Gasteiger partial charge in [0.1, 0.15) is 12.5 Å². The monoisotopic (exact) mass is 292 g/mol. The number of esters is 1. The molecule has 3 rings (SSSR count). The highest BCUT2D eigenvalue weighted by atomic mass is 16.7. The van der Waals surface area contributed by atoms with E-state index in [4.69, 9.17) is 14.2 Å². The van der Waals surface area contributed by atoms with E-state index in [0.29, 0.717) is 13.4 Å². The van der Waals surface area contributed by atoms with Crippen molar-refractivity contribution in [2.75, 3.05) is 26.5 Å². The number of quaternary nitrogens is 1. The number of piperidine rings is 1. The quantitative estimate of drug-likeness (QED) is 0.833. The van der Waals surface area contributed by atoms with E-state index in [1.165, 1.54) is 10.5 Å². The maximum absolute atomic E-state index is 11.9. The number of carbonyl (C=O) groups excluding carboxylic acids is 1. The summed E-state index contributed by atoms with van der Waals surface area (Å²) in [6.07, 6.45) is 2.02. The third-order valence-electron chi connectivity index (χ3n) is 4.13. The molecule has 0 saturated carbocycles. The van der Waals surface area contributed by atoms with Gasteiger partial charge in [-0.2, -0.15) is 0 Å². The molecule has 2 atom stereocenters. The van der Waals surface area contributed by atoms with Crippen LogP contribution in [0.3, 0.4) is 0 Å². The average molecular weight is 292 g/mol. The lowest BCUT2D eigenvalue weighted by atomic mass is 9.97. The van der Waals surface area contributed by atoms with Crippen LogP contribution in [0.25, 0.3) is 0 Å². The van der Waals surface area contributed by atoms with Crippen molar-refractivity contribution < 1.29 is 23.9 Å². The molecular weight excluding hydrogens is 270 g/mol. The highest BCUT2D eigenvalue weighted by Crippen LogP contribution is 2.32. The van der Waals surface area contributed by atoms with Crippen LogP contribution in [0.4, 0.5) is 0 Å². The number of benzene rings is 1. The fourth-order valence-corrected chi connectivity index (χ4v) is 3.11. The zero-order chi connectivity index (χ0) is 14.7. The topological polar surface area (TPSA) is 49.2 Å². The largest absolute Gasteiger partial charge is 0.466 e. The lowest BCUT2D eigenvalue weighted by molar-refractivity contribution is -0.921. The Bertz CT molecular complexity index is 517. The molecule has 0 bridgehead atoms. The predicted molar refractivity (Wildman–Crippen MR) is 76.3 cm³/mol. The Labute approximate surface area is 124 Å². The number of rotatable bonds is 4. The molecule has 5 heteroatoms. The molecular formula is C16H22NO4+. The Morgan fingerprint density at radius 3 is 3.10 bits per heavy atom. The molecule has 1 unspecified atom stereocenters. The average Bonchev–Trinajstić information content (AvgIpc) is 2.95. The zero-order valence-electron chi connectivity index (χ0n) is 12.4. The maximum Gasteiger partial charge on any atom is 0.314 e. The Hall–Kier alpha value is -1.75. The van der Waals surface area contributed by atoms with Crippen molar-refractivity contribution in [1.82, 2.24) is 0 Å². The van der Waals surface area contributed by atoms with Gasteiger partial charge in [0.25, 0.3) is 0 Å². The Balaban J connectivity index is 1.61. The van der Waals surface area contributed by atoms with Crippen molar-refractivity contribution in [2.45, 2.75) is 26.3 Å². The molecule has 2 heterocycles. The van der Waals surface area contributed by atoms with Gasteiger partial charge in [0.2, 0.25) is 6.79 Å². The maximum atomic E-state index is 11.9. The molecule has 1 aromatic carbocycles. The van der Waals surface area contributed by atoms with E-state index < -0.39 is 0 Å². The van der Waals surface area contributed by atoms with E-state index in [2.05, 4.69) is 6.07 Å². The zero-order valence-corrected chi connectivity index (χ0v) is 12.4.